The van der Waals surface area contributed by atoms with Crippen LogP contribution in [0.25, 0.3) is 11.3 Å². The van der Waals surface area contributed by atoms with Crippen molar-refractivity contribution in [2.24, 2.45) is 0 Å². The molecular weight excluding hydrogens is 352 g/mol. The molecule has 0 bridgehead atoms. The lowest BCUT2D eigenvalue weighted by Crippen LogP contribution is -2.33. The van der Waals surface area contributed by atoms with E-state index < -0.39 is 4.92 Å². The van der Waals surface area contributed by atoms with Crippen LogP contribution in [0.4, 0.5) is 5.69 Å². The smallest absolute Gasteiger partial charge is 0.270 e. The van der Waals surface area contributed by atoms with Gasteiger partial charge in [-0.25, -0.2) is 0 Å². The van der Waals surface area contributed by atoms with Crippen molar-refractivity contribution in [1.82, 2.24) is 15.1 Å². The first-order chi connectivity index (χ1) is 12.6. The van der Waals surface area contributed by atoms with E-state index >= 15 is 0 Å². The Labute approximate surface area is 156 Å². The molecule has 1 aliphatic heterocycles. The van der Waals surface area contributed by atoms with Crippen LogP contribution in [0, 0.1) is 10.1 Å². The molecule has 1 amide bonds. The van der Waals surface area contributed by atoms with E-state index in [-0.39, 0.29) is 11.6 Å². The van der Waals surface area contributed by atoms with Crippen molar-refractivity contribution in [2.45, 2.75) is 30.7 Å². The molecule has 136 valence electrons. The second-order valence-corrected chi connectivity index (χ2v) is 7.14. The van der Waals surface area contributed by atoms with Gasteiger partial charge < -0.3 is 4.90 Å². The standard InChI is InChI=1S/C18H20N4O3S/c23-18(21-10-3-1-2-4-11-21)13-26-17-9-8-16(19-20-17)14-6-5-7-15(12-14)22(24)25/h5-9,12H,1-4,10-11,13H2. The Balaban J connectivity index is 1.60. The van der Waals surface area contributed by atoms with Gasteiger partial charge in [-0.3, -0.25) is 14.9 Å². The van der Waals surface area contributed by atoms with Crippen LogP contribution in [0.1, 0.15) is 25.7 Å². The number of hydrogen-bond acceptors (Lipinski definition) is 6. The average molecular weight is 372 g/mol. The summed E-state index contributed by atoms with van der Waals surface area (Å²) in [6.45, 7) is 1.69. The number of non-ortho nitro benzene ring substituents is 1. The van der Waals surface area contributed by atoms with Gasteiger partial charge in [-0.15, -0.1) is 10.2 Å². The van der Waals surface area contributed by atoms with Gasteiger partial charge in [-0.2, -0.15) is 0 Å². The molecule has 0 atom stereocenters. The monoisotopic (exact) mass is 372 g/mol. The fourth-order valence-electron chi connectivity index (χ4n) is 2.88. The third-order valence-electron chi connectivity index (χ3n) is 4.30. The van der Waals surface area contributed by atoms with Crippen LogP contribution in [-0.4, -0.2) is 44.8 Å². The second-order valence-electron chi connectivity index (χ2n) is 6.15. The van der Waals surface area contributed by atoms with Crippen molar-refractivity contribution in [2.75, 3.05) is 18.8 Å². The molecule has 26 heavy (non-hydrogen) atoms. The van der Waals surface area contributed by atoms with Crippen LogP contribution < -0.4 is 0 Å². The molecule has 1 aromatic carbocycles. The van der Waals surface area contributed by atoms with Crippen LogP contribution in [0.5, 0.6) is 0 Å². The van der Waals surface area contributed by atoms with E-state index in [1.54, 1.807) is 24.3 Å². The van der Waals surface area contributed by atoms with E-state index in [1.165, 1.54) is 36.7 Å². The fraction of sp³-hybridized carbons (Fsp3) is 0.389. The number of nitro benzene ring substituents is 1. The van der Waals surface area contributed by atoms with Crippen molar-refractivity contribution >= 4 is 23.4 Å². The van der Waals surface area contributed by atoms with Crippen molar-refractivity contribution in [3.05, 3.63) is 46.5 Å². The highest BCUT2D eigenvalue weighted by Crippen LogP contribution is 2.23. The number of nitro groups is 1. The SMILES string of the molecule is O=C(CSc1ccc(-c2cccc([N+](=O)[O-])c2)nn1)N1CCCCCC1. The average Bonchev–Trinajstić information content (AvgIpc) is 2.96. The molecule has 1 saturated heterocycles. The van der Waals surface area contributed by atoms with E-state index in [0.717, 1.165) is 25.9 Å². The normalized spacial score (nSPS) is 14.7. The molecule has 1 fully saturated rings. The van der Waals surface area contributed by atoms with Crippen LogP contribution in [-0.2, 0) is 4.79 Å². The molecule has 1 aliphatic rings. The molecule has 1 aromatic heterocycles. The number of nitrogens with zero attached hydrogens (tertiary/aromatic N) is 4. The van der Waals surface area contributed by atoms with Gasteiger partial charge in [0.05, 0.1) is 16.4 Å². The molecule has 0 N–H and O–H groups in total. The lowest BCUT2D eigenvalue weighted by atomic mass is 10.1. The molecule has 0 saturated carbocycles. The largest absolute Gasteiger partial charge is 0.342 e. The van der Waals surface area contributed by atoms with Gasteiger partial charge in [0.2, 0.25) is 5.91 Å². The van der Waals surface area contributed by atoms with Gasteiger partial charge >= 0.3 is 0 Å². The molecule has 0 aliphatic carbocycles. The topological polar surface area (TPSA) is 89.2 Å². The zero-order chi connectivity index (χ0) is 18.4. The lowest BCUT2D eigenvalue weighted by Gasteiger charge is -2.19. The maximum absolute atomic E-state index is 12.3. The molecule has 3 rings (SSSR count). The summed E-state index contributed by atoms with van der Waals surface area (Å²) in [5.74, 6) is 0.492. The van der Waals surface area contributed by atoms with Gasteiger partial charge in [0, 0.05) is 30.8 Å². The van der Waals surface area contributed by atoms with Gasteiger partial charge in [0.15, 0.2) is 0 Å². The Bertz CT molecular complexity index is 774. The summed E-state index contributed by atoms with van der Waals surface area (Å²) in [4.78, 5) is 24.7. The highest BCUT2D eigenvalue weighted by atomic mass is 32.2. The van der Waals surface area contributed by atoms with E-state index in [0.29, 0.717) is 22.0 Å². The zero-order valence-corrected chi connectivity index (χ0v) is 15.2. The number of aromatic nitrogens is 2. The second kappa shape index (κ2) is 8.75. The number of benzene rings is 1. The summed E-state index contributed by atoms with van der Waals surface area (Å²) >= 11 is 1.37. The van der Waals surface area contributed by atoms with E-state index in [2.05, 4.69) is 10.2 Å². The predicted octanol–water partition coefficient (Wildman–Crippen LogP) is 3.55. The number of likely N-dealkylation sites (tertiary alicyclic amines) is 1. The summed E-state index contributed by atoms with van der Waals surface area (Å²) in [5, 5.41) is 19.8. The number of thioether (sulfide) groups is 1. The summed E-state index contributed by atoms with van der Waals surface area (Å²) in [5.41, 5.74) is 1.23. The molecule has 0 spiro atoms. The van der Waals surface area contributed by atoms with E-state index in [4.69, 9.17) is 0 Å². The Morgan fingerprint density at radius 3 is 2.54 bits per heavy atom. The third kappa shape index (κ3) is 4.78. The predicted molar refractivity (Wildman–Crippen MR) is 99.9 cm³/mol. The molecule has 7 nitrogen and oxygen atoms in total. The van der Waals surface area contributed by atoms with E-state index in [9.17, 15) is 14.9 Å². The van der Waals surface area contributed by atoms with Gasteiger partial charge in [0.25, 0.3) is 5.69 Å². The summed E-state index contributed by atoms with van der Waals surface area (Å²) in [7, 11) is 0. The van der Waals surface area contributed by atoms with E-state index in [1.807, 2.05) is 4.90 Å². The first-order valence-corrected chi connectivity index (χ1v) is 9.61. The number of carbonyl (C=O) groups is 1. The summed E-state index contributed by atoms with van der Waals surface area (Å²) in [6.07, 6.45) is 4.55. The number of rotatable bonds is 5. The number of carbonyl (C=O) groups excluding carboxylic acids is 1. The summed E-state index contributed by atoms with van der Waals surface area (Å²) in [6, 6.07) is 9.85. The fourth-order valence-corrected chi connectivity index (χ4v) is 3.59. The number of hydrogen-bond donors (Lipinski definition) is 0. The quantitative estimate of drug-likeness (QED) is 0.453. The molecule has 2 aromatic rings. The van der Waals surface area contributed by atoms with Gasteiger partial charge in [-0.05, 0) is 25.0 Å². The maximum atomic E-state index is 12.3. The van der Waals surface area contributed by atoms with Crippen LogP contribution in [0.2, 0.25) is 0 Å². The van der Waals surface area contributed by atoms with Crippen LogP contribution in [0.3, 0.4) is 0 Å². The minimum atomic E-state index is -0.435. The highest BCUT2D eigenvalue weighted by molar-refractivity contribution is 7.99. The zero-order valence-electron chi connectivity index (χ0n) is 14.3. The Hall–Kier alpha value is -2.48. The van der Waals surface area contributed by atoms with Gasteiger partial charge in [-0.1, -0.05) is 36.7 Å². The first-order valence-electron chi connectivity index (χ1n) is 8.62. The Kier molecular flexibility index (Phi) is 6.17. The Morgan fingerprint density at radius 2 is 1.88 bits per heavy atom. The van der Waals surface area contributed by atoms with Crippen molar-refractivity contribution < 1.29 is 9.72 Å². The number of amides is 1. The summed E-state index contributed by atoms with van der Waals surface area (Å²) < 4.78 is 0. The minimum Gasteiger partial charge on any atom is -0.342 e. The lowest BCUT2D eigenvalue weighted by molar-refractivity contribution is -0.384. The van der Waals surface area contributed by atoms with Crippen LogP contribution >= 0.6 is 11.8 Å². The Morgan fingerprint density at radius 1 is 1.12 bits per heavy atom. The van der Waals surface area contributed by atoms with Crippen molar-refractivity contribution in [1.29, 1.82) is 0 Å². The maximum Gasteiger partial charge on any atom is 0.270 e. The molecule has 0 unspecified atom stereocenters. The third-order valence-corrected chi connectivity index (χ3v) is 5.20. The first kappa shape index (κ1) is 18.3. The molecular formula is C18H20N4O3S. The van der Waals surface area contributed by atoms with Crippen molar-refractivity contribution in [3.63, 3.8) is 0 Å². The highest BCUT2D eigenvalue weighted by Gasteiger charge is 2.16. The van der Waals surface area contributed by atoms with Crippen molar-refractivity contribution in [3.8, 4) is 11.3 Å². The molecule has 8 heteroatoms. The molecule has 0 radical (unpaired) electrons. The van der Waals surface area contributed by atoms with Gasteiger partial charge in [0.1, 0.15) is 5.03 Å². The van der Waals surface area contributed by atoms with Crippen LogP contribution in [0.15, 0.2) is 41.4 Å². The minimum absolute atomic E-state index is 0.0193. The molecule has 2 heterocycles.